The van der Waals surface area contributed by atoms with E-state index in [0.717, 1.165) is 31.5 Å². The Labute approximate surface area is 181 Å². The predicted molar refractivity (Wildman–Crippen MR) is 123 cm³/mol. The molecule has 6 nitrogen and oxygen atoms in total. The van der Waals surface area contributed by atoms with Crippen LogP contribution in [0.3, 0.4) is 0 Å². The highest BCUT2D eigenvalue weighted by Gasteiger charge is 2.26. The van der Waals surface area contributed by atoms with Crippen molar-refractivity contribution in [3.05, 3.63) is 18.0 Å². The van der Waals surface area contributed by atoms with Crippen LogP contribution in [0.5, 0.6) is 0 Å². The maximum absolute atomic E-state index is 4.50. The molecule has 0 saturated carbocycles. The quantitative estimate of drug-likeness (QED) is 0.290. The summed E-state index contributed by atoms with van der Waals surface area (Å²) in [6, 6.07) is 0. The van der Waals surface area contributed by atoms with Gasteiger partial charge in [0.05, 0.1) is 6.20 Å². The van der Waals surface area contributed by atoms with E-state index in [9.17, 15) is 0 Å². The number of hydrogen-bond acceptors (Lipinski definition) is 3. The fourth-order valence-corrected chi connectivity index (χ4v) is 4.36. The molecule has 2 fully saturated rings. The zero-order valence-corrected chi connectivity index (χ0v) is 19.6. The lowest BCUT2D eigenvalue weighted by molar-refractivity contribution is 0.181. The zero-order chi connectivity index (χ0) is 18.4. The second-order valence-electron chi connectivity index (χ2n) is 8.11. The van der Waals surface area contributed by atoms with Crippen molar-refractivity contribution in [2.75, 3.05) is 46.3 Å². The third-order valence-electron chi connectivity index (χ3n) is 5.82. The molecule has 1 N–H and O–H groups in total. The Bertz CT molecular complexity index is 587. The summed E-state index contributed by atoms with van der Waals surface area (Å²) in [6.07, 6.45) is 10.6. The van der Waals surface area contributed by atoms with Gasteiger partial charge in [0.15, 0.2) is 5.96 Å². The number of aryl methyl sites for hydroxylation is 1. The number of halogens is 1. The summed E-state index contributed by atoms with van der Waals surface area (Å²) in [4.78, 5) is 9.53. The van der Waals surface area contributed by atoms with Crippen LogP contribution in [-0.4, -0.2) is 71.9 Å². The molecule has 2 saturated heterocycles. The molecule has 7 heteroatoms. The van der Waals surface area contributed by atoms with Crippen LogP contribution in [0, 0.1) is 5.92 Å². The fraction of sp³-hybridized carbons (Fsp3) is 0.800. The smallest absolute Gasteiger partial charge is 0.193 e. The average molecular weight is 488 g/mol. The molecule has 27 heavy (non-hydrogen) atoms. The van der Waals surface area contributed by atoms with Crippen molar-refractivity contribution < 1.29 is 0 Å². The Morgan fingerprint density at radius 3 is 2.81 bits per heavy atom. The largest absolute Gasteiger partial charge is 0.356 e. The van der Waals surface area contributed by atoms with Gasteiger partial charge in [0.25, 0.3) is 0 Å². The highest BCUT2D eigenvalue weighted by Crippen LogP contribution is 2.26. The lowest BCUT2D eigenvalue weighted by Crippen LogP contribution is -2.40. The maximum atomic E-state index is 4.50. The van der Waals surface area contributed by atoms with Crippen LogP contribution in [0.15, 0.2) is 17.4 Å². The van der Waals surface area contributed by atoms with Gasteiger partial charge in [-0.25, -0.2) is 0 Å². The summed E-state index contributed by atoms with van der Waals surface area (Å²) in [6.45, 7) is 9.34. The number of rotatable bonds is 6. The molecule has 3 heterocycles. The third kappa shape index (κ3) is 6.62. The first-order valence-corrected chi connectivity index (χ1v) is 10.3. The first kappa shape index (κ1) is 22.5. The molecule has 3 rings (SSSR count). The molecular formula is C20H37IN6. The van der Waals surface area contributed by atoms with Crippen molar-refractivity contribution in [2.24, 2.45) is 18.0 Å². The maximum Gasteiger partial charge on any atom is 0.193 e. The minimum atomic E-state index is 0. The predicted octanol–water partition coefficient (Wildman–Crippen LogP) is 2.91. The van der Waals surface area contributed by atoms with E-state index >= 15 is 0 Å². The first-order chi connectivity index (χ1) is 12.7. The molecule has 2 unspecified atom stereocenters. The molecule has 1 aromatic rings. The van der Waals surface area contributed by atoms with Gasteiger partial charge in [-0.05, 0) is 56.7 Å². The normalized spacial score (nSPS) is 24.1. The Morgan fingerprint density at radius 1 is 1.26 bits per heavy atom. The summed E-state index contributed by atoms with van der Waals surface area (Å²) >= 11 is 0. The Balaban J connectivity index is 0.00000261. The Hall–Kier alpha value is -0.830. The number of hydrogen-bond donors (Lipinski definition) is 1. The first-order valence-electron chi connectivity index (χ1n) is 10.3. The number of nitrogens with zero attached hydrogens (tertiary/aromatic N) is 5. The zero-order valence-electron chi connectivity index (χ0n) is 17.2. The fourth-order valence-electron chi connectivity index (χ4n) is 4.36. The second kappa shape index (κ2) is 11.2. The van der Waals surface area contributed by atoms with Crippen LogP contribution in [-0.2, 0) is 7.05 Å². The molecule has 2 aliphatic rings. The summed E-state index contributed by atoms with van der Waals surface area (Å²) < 4.78 is 1.90. The van der Waals surface area contributed by atoms with Gasteiger partial charge in [0.2, 0.25) is 0 Å². The molecule has 0 amide bonds. The van der Waals surface area contributed by atoms with Gasteiger partial charge in [-0.1, -0.05) is 6.92 Å². The highest BCUT2D eigenvalue weighted by molar-refractivity contribution is 14.0. The van der Waals surface area contributed by atoms with Gasteiger partial charge in [-0.15, -0.1) is 24.0 Å². The van der Waals surface area contributed by atoms with E-state index in [1.807, 2.05) is 25.0 Å². The van der Waals surface area contributed by atoms with Crippen LogP contribution < -0.4 is 5.32 Å². The van der Waals surface area contributed by atoms with Crippen LogP contribution in [0.2, 0.25) is 0 Å². The van der Waals surface area contributed by atoms with Gasteiger partial charge in [-0.3, -0.25) is 9.67 Å². The van der Waals surface area contributed by atoms with Gasteiger partial charge < -0.3 is 15.1 Å². The summed E-state index contributed by atoms with van der Waals surface area (Å²) in [5.41, 5.74) is 1.35. The molecule has 0 aliphatic carbocycles. The number of aromatic nitrogens is 2. The van der Waals surface area contributed by atoms with E-state index in [2.05, 4.69) is 38.3 Å². The standard InChI is InChI=1S/C20H36N6.HI/c1-17-7-6-11-25(14-17)10-5-4-9-22-20(21-2)26-12-8-18(16-26)19-13-23-24(3)15-19;/h13,15,17-18H,4-12,14,16H2,1-3H3,(H,21,22);1H. The Kier molecular flexibility index (Phi) is 9.35. The minimum absolute atomic E-state index is 0. The van der Waals surface area contributed by atoms with E-state index < -0.39 is 0 Å². The molecule has 0 spiro atoms. The SMILES string of the molecule is CN=C(NCCCCN1CCCC(C)C1)N1CCC(c2cnn(C)c2)C1.I. The van der Waals surface area contributed by atoms with E-state index in [1.54, 1.807) is 0 Å². The molecule has 1 aromatic heterocycles. The van der Waals surface area contributed by atoms with Crippen molar-refractivity contribution in [1.82, 2.24) is 24.9 Å². The molecule has 2 aliphatic heterocycles. The van der Waals surface area contributed by atoms with Crippen LogP contribution in [0.4, 0.5) is 0 Å². The highest BCUT2D eigenvalue weighted by atomic mass is 127. The summed E-state index contributed by atoms with van der Waals surface area (Å²) in [5.74, 6) is 2.51. The van der Waals surface area contributed by atoms with E-state index in [4.69, 9.17) is 0 Å². The molecule has 2 atom stereocenters. The van der Waals surface area contributed by atoms with Gasteiger partial charge in [-0.2, -0.15) is 5.10 Å². The van der Waals surface area contributed by atoms with Gasteiger partial charge >= 0.3 is 0 Å². The second-order valence-corrected chi connectivity index (χ2v) is 8.11. The number of aliphatic imine (C=N–C) groups is 1. The summed E-state index contributed by atoms with van der Waals surface area (Å²) in [7, 11) is 3.89. The van der Waals surface area contributed by atoms with E-state index in [0.29, 0.717) is 5.92 Å². The molecular weight excluding hydrogens is 451 g/mol. The monoisotopic (exact) mass is 488 g/mol. The van der Waals surface area contributed by atoms with Crippen LogP contribution >= 0.6 is 24.0 Å². The lowest BCUT2D eigenvalue weighted by atomic mass is 10.0. The number of nitrogens with one attached hydrogen (secondary N) is 1. The van der Waals surface area contributed by atoms with Gasteiger partial charge in [0.1, 0.15) is 0 Å². The van der Waals surface area contributed by atoms with Crippen LogP contribution in [0.25, 0.3) is 0 Å². The minimum Gasteiger partial charge on any atom is -0.356 e. The van der Waals surface area contributed by atoms with E-state index in [1.165, 1.54) is 57.3 Å². The van der Waals surface area contributed by atoms with Crippen molar-refractivity contribution in [1.29, 1.82) is 0 Å². The van der Waals surface area contributed by atoms with Crippen molar-refractivity contribution >= 4 is 29.9 Å². The number of guanidine groups is 1. The summed E-state index contributed by atoms with van der Waals surface area (Å²) in [5, 5.41) is 7.88. The van der Waals surface area contributed by atoms with Crippen molar-refractivity contribution in [3.63, 3.8) is 0 Å². The topological polar surface area (TPSA) is 48.7 Å². The number of unbranched alkanes of at least 4 members (excludes halogenated alkanes) is 1. The lowest BCUT2D eigenvalue weighted by Gasteiger charge is -2.30. The Morgan fingerprint density at radius 2 is 2.11 bits per heavy atom. The molecule has 154 valence electrons. The van der Waals surface area contributed by atoms with Crippen LogP contribution in [0.1, 0.15) is 50.5 Å². The van der Waals surface area contributed by atoms with E-state index in [-0.39, 0.29) is 24.0 Å². The van der Waals surface area contributed by atoms with Crippen molar-refractivity contribution in [3.8, 4) is 0 Å². The molecule has 0 radical (unpaired) electrons. The molecule has 0 bridgehead atoms. The average Bonchev–Trinajstić information content (AvgIpc) is 3.27. The molecule has 0 aromatic carbocycles. The van der Waals surface area contributed by atoms with Gasteiger partial charge in [0, 0.05) is 52.4 Å². The number of likely N-dealkylation sites (tertiary alicyclic amines) is 2. The third-order valence-corrected chi connectivity index (χ3v) is 5.82. The number of piperidine rings is 1. The van der Waals surface area contributed by atoms with Crippen molar-refractivity contribution in [2.45, 2.75) is 44.9 Å².